The van der Waals surface area contributed by atoms with Gasteiger partial charge in [-0.1, -0.05) is 254 Å². The molecule has 0 aromatic rings. The van der Waals surface area contributed by atoms with Crippen LogP contribution in [0.25, 0.3) is 0 Å². The summed E-state index contributed by atoms with van der Waals surface area (Å²) >= 11 is 0. The molecule has 0 saturated carbocycles. The molecule has 0 saturated heterocycles. The molecule has 0 aliphatic heterocycles. The number of amides is 1. The van der Waals surface area contributed by atoms with Crippen molar-refractivity contribution < 1.29 is 15.0 Å². The van der Waals surface area contributed by atoms with Gasteiger partial charge >= 0.3 is 0 Å². The fourth-order valence-corrected chi connectivity index (χ4v) is 7.38. The van der Waals surface area contributed by atoms with Crippen molar-refractivity contribution in [2.24, 2.45) is 0 Å². The lowest BCUT2D eigenvalue weighted by atomic mass is 10.0. The molecule has 0 spiro atoms. The zero-order valence-corrected chi connectivity index (χ0v) is 38.5. The highest BCUT2D eigenvalue weighted by molar-refractivity contribution is 5.76. The van der Waals surface area contributed by atoms with Crippen molar-refractivity contribution in [3.63, 3.8) is 0 Å². The van der Waals surface area contributed by atoms with E-state index in [-0.39, 0.29) is 12.5 Å². The first-order chi connectivity index (χ1) is 28.7. The molecule has 58 heavy (non-hydrogen) atoms. The molecule has 0 radical (unpaired) electrons. The minimum atomic E-state index is -0.895. The van der Waals surface area contributed by atoms with Gasteiger partial charge in [0.1, 0.15) is 0 Å². The molecule has 0 fully saturated rings. The summed E-state index contributed by atoms with van der Waals surface area (Å²) < 4.78 is 0. The molecule has 0 rings (SSSR count). The van der Waals surface area contributed by atoms with Crippen molar-refractivity contribution in [2.75, 3.05) is 6.61 Å². The molecular weight excluding hydrogens is 711 g/mol. The summed E-state index contributed by atoms with van der Waals surface area (Å²) in [5.74, 6) is -0.155. The SMILES string of the molecule is CC/C=C\C/C=C\C/C=C\C/C=C\CCC(=O)NC(CO)C(O)/C=C/CC/C=C/CCCCCCCCCCCCCCCCCCCCCCCCCCCCC. The molecule has 4 heteroatoms. The van der Waals surface area contributed by atoms with E-state index in [1.165, 1.54) is 173 Å². The number of rotatable bonds is 45. The lowest BCUT2D eigenvalue weighted by molar-refractivity contribution is -0.122. The second-order valence-electron chi connectivity index (χ2n) is 16.8. The highest BCUT2D eigenvalue weighted by Gasteiger charge is 2.17. The van der Waals surface area contributed by atoms with Crippen molar-refractivity contribution in [2.45, 2.75) is 257 Å². The Morgan fingerprint density at radius 1 is 0.431 bits per heavy atom. The van der Waals surface area contributed by atoms with Crippen molar-refractivity contribution in [1.82, 2.24) is 5.32 Å². The number of nitrogens with one attached hydrogen (secondary N) is 1. The van der Waals surface area contributed by atoms with Gasteiger partial charge < -0.3 is 15.5 Å². The highest BCUT2D eigenvalue weighted by atomic mass is 16.3. The normalized spacial score (nSPS) is 13.5. The average Bonchev–Trinajstić information content (AvgIpc) is 3.23. The number of aliphatic hydroxyl groups excluding tert-OH is 2. The number of unbranched alkanes of at least 4 members (excludes halogenated alkanes) is 28. The first kappa shape index (κ1) is 55.8. The van der Waals surface area contributed by atoms with Crippen LogP contribution in [0.3, 0.4) is 0 Å². The number of carbonyl (C=O) groups is 1. The lowest BCUT2D eigenvalue weighted by Gasteiger charge is -2.19. The predicted octanol–water partition coefficient (Wildman–Crippen LogP) is 16.2. The zero-order valence-electron chi connectivity index (χ0n) is 38.5. The summed E-state index contributed by atoms with van der Waals surface area (Å²) in [6.45, 7) is 4.15. The van der Waals surface area contributed by atoms with Gasteiger partial charge in [-0.2, -0.15) is 0 Å². The zero-order chi connectivity index (χ0) is 42.1. The Hall–Kier alpha value is -2.17. The number of carbonyl (C=O) groups excluding carboxylic acids is 1. The number of hydrogen-bond acceptors (Lipinski definition) is 3. The number of hydrogen-bond donors (Lipinski definition) is 3. The Bertz CT molecular complexity index is 1010. The van der Waals surface area contributed by atoms with Gasteiger partial charge in [-0.3, -0.25) is 4.79 Å². The van der Waals surface area contributed by atoms with Crippen molar-refractivity contribution in [3.8, 4) is 0 Å². The quantitative estimate of drug-likeness (QED) is 0.0424. The van der Waals surface area contributed by atoms with Crippen LogP contribution in [0.5, 0.6) is 0 Å². The maximum absolute atomic E-state index is 12.3. The molecule has 0 heterocycles. The van der Waals surface area contributed by atoms with Gasteiger partial charge in [0, 0.05) is 6.42 Å². The Morgan fingerprint density at radius 2 is 0.776 bits per heavy atom. The van der Waals surface area contributed by atoms with Gasteiger partial charge in [-0.05, 0) is 57.8 Å². The van der Waals surface area contributed by atoms with E-state index in [9.17, 15) is 15.0 Å². The van der Waals surface area contributed by atoms with Crippen LogP contribution < -0.4 is 5.32 Å². The van der Waals surface area contributed by atoms with E-state index < -0.39 is 12.1 Å². The molecule has 336 valence electrons. The average molecular weight is 808 g/mol. The van der Waals surface area contributed by atoms with Crippen LogP contribution in [0.4, 0.5) is 0 Å². The van der Waals surface area contributed by atoms with E-state index >= 15 is 0 Å². The highest BCUT2D eigenvalue weighted by Crippen LogP contribution is 2.16. The van der Waals surface area contributed by atoms with Crippen LogP contribution in [-0.2, 0) is 4.79 Å². The molecular formula is C54H97NO3. The molecule has 0 bridgehead atoms. The van der Waals surface area contributed by atoms with Crippen LogP contribution in [0.15, 0.2) is 72.9 Å². The standard InChI is InChI=1S/C54H97NO3/c1-3-5-7-9-11-13-15-17-18-19-20-21-22-23-24-25-26-27-28-29-30-31-32-33-34-35-36-38-39-41-43-45-47-49-53(57)52(51-56)55-54(58)50-48-46-44-42-40-37-16-14-12-10-8-6-4-2/h6,8,12,14,37,39-41,44,46-47,49,52-53,56-57H,3-5,7,9-11,13,15-36,38,42-43,45,48,50-51H2,1-2H3,(H,55,58)/b8-6-,14-12-,40-37-,41-39+,46-44-,49-47+. The van der Waals surface area contributed by atoms with Gasteiger partial charge in [-0.25, -0.2) is 0 Å². The molecule has 0 aliphatic carbocycles. The van der Waals surface area contributed by atoms with Crippen LogP contribution >= 0.6 is 0 Å². The van der Waals surface area contributed by atoms with E-state index in [0.29, 0.717) is 12.8 Å². The van der Waals surface area contributed by atoms with Crippen molar-refractivity contribution >= 4 is 5.91 Å². The van der Waals surface area contributed by atoms with E-state index in [4.69, 9.17) is 0 Å². The van der Waals surface area contributed by atoms with Gasteiger partial charge in [-0.15, -0.1) is 0 Å². The first-order valence-electron chi connectivity index (χ1n) is 25.2. The molecule has 0 aliphatic rings. The van der Waals surface area contributed by atoms with E-state index in [1.54, 1.807) is 6.08 Å². The maximum atomic E-state index is 12.3. The van der Waals surface area contributed by atoms with Crippen molar-refractivity contribution in [1.29, 1.82) is 0 Å². The first-order valence-corrected chi connectivity index (χ1v) is 25.2. The van der Waals surface area contributed by atoms with Gasteiger partial charge in [0.25, 0.3) is 0 Å². The van der Waals surface area contributed by atoms with E-state index in [1.807, 2.05) is 12.2 Å². The molecule has 2 atom stereocenters. The third-order valence-electron chi connectivity index (χ3n) is 11.2. The summed E-state index contributed by atoms with van der Waals surface area (Å²) in [6, 6.07) is -0.681. The minimum Gasteiger partial charge on any atom is -0.394 e. The fraction of sp³-hybridized carbons (Fsp3) is 0.759. The summed E-state index contributed by atoms with van der Waals surface area (Å²) in [5.41, 5.74) is 0. The molecule has 4 nitrogen and oxygen atoms in total. The van der Waals surface area contributed by atoms with Crippen LogP contribution in [0.1, 0.15) is 245 Å². The summed E-state index contributed by atoms with van der Waals surface area (Å²) in [7, 11) is 0. The Balaban J connectivity index is 3.53. The maximum Gasteiger partial charge on any atom is 0.220 e. The fourth-order valence-electron chi connectivity index (χ4n) is 7.38. The largest absolute Gasteiger partial charge is 0.394 e. The molecule has 2 unspecified atom stereocenters. The van der Waals surface area contributed by atoms with Gasteiger partial charge in [0.15, 0.2) is 0 Å². The van der Waals surface area contributed by atoms with Gasteiger partial charge in [0.05, 0.1) is 18.8 Å². The number of aliphatic hydroxyl groups is 2. The Labute approximate surface area is 361 Å². The Morgan fingerprint density at radius 3 is 1.19 bits per heavy atom. The van der Waals surface area contributed by atoms with E-state index in [2.05, 4.69) is 73.8 Å². The summed E-state index contributed by atoms with van der Waals surface area (Å²) in [5, 5.41) is 22.9. The third-order valence-corrected chi connectivity index (χ3v) is 11.2. The second-order valence-corrected chi connectivity index (χ2v) is 16.8. The minimum absolute atomic E-state index is 0.155. The summed E-state index contributed by atoms with van der Waals surface area (Å²) in [6.07, 6.45) is 70.8. The third kappa shape index (κ3) is 44.9. The number of allylic oxidation sites excluding steroid dienone is 11. The van der Waals surface area contributed by atoms with Crippen LogP contribution in [-0.4, -0.2) is 34.9 Å². The monoisotopic (exact) mass is 808 g/mol. The molecule has 0 aromatic carbocycles. The molecule has 1 amide bonds. The molecule has 3 N–H and O–H groups in total. The van der Waals surface area contributed by atoms with Crippen LogP contribution in [0, 0.1) is 0 Å². The van der Waals surface area contributed by atoms with Crippen molar-refractivity contribution in [3.05, 3.63) is 72.9 Å². The lowest BCUT2D eigenvalue weighted by Crippen LogP contribution is -2.45. The topological polar surface area (TPSA) is 69.6 Å². The van der Waals surface area contributed by atoms with Gasteiger partial charge in [0.2, 0.25) is 5.91 Å². The van der Waals surface area contributed by atoms with E-state index in [0.717, 1.165) is 44.9 Å². The van der Waals surface area contributed by atoms with Crippen LogP contribution in [0.2, 0.25) is 0 Å². The molecule has 0 aromatic heterocycles. The smallest absolute Gasteiger partial charge is 0.220 e. The predicted molar refractivity (Wildman–Crippen MR) is 257 cm³/mol. The summed E-state index contributed by atoms with van der Waals surface area (Å²) in [4.78, 5) is 12.3. The Kier molecular flexibility index (Phi) is 47.4. The second kappa shape index (κ2) is 49.2.